The van der Waals surface area contributed by atoms with E-state index >= 15 is 0 Å². The van der Waals surface area contributed by atoms with Crippen molar-refractivity contribution in [1.82, 2.24) is 4.72 Å². The molecule has 1 amide bonds. The minimum absolute atomic E-state index is 0.197. The summed E-state index contributed by atoms with van der Waals surface area (Å²) in [5, 5.41) is 10.5. The van der Waals surface area contributed by atoms with E-state index in [4.69, 9.17) is 0 Å². The molecule has 2 rings (SSSR count). The quantitative estimate of drug-likeness (QED) is 0.683. The number of benzene rings is 2. The first-order valence-corrected chi connectivity index (χ1v) is 7.25. The molecule has 0 unspecified atom stereocenters. The third kappa shape index (κ3) is 3.42. The molecule has 0 aliphatic rings. The van der Waals surface area contributed by atoms with Crippen LogP contribution in [0.4, 0.5) is 5.69 Å². The molecule has 8 heteroatoms. The van der Waals surface area contributed by atoms with E-state index < -0.39 is 20.9 Å². The first-order valence-electron chi connectivity index (χ1n) is 5.77. The number of sulfonamides is 1. The van der Waals surface area contributed by atoms with Crippen molar-refractivity contribution in [3.63, 3.8) is 0 Å². The van der Waals surface area contributed by atoms with Gasteiger partial charge >= 0.3 is 0 Å². The highest BCUT2D eigenvalue weighted by atomic mass is 32.2. The number of non-ortho nitro benzene ring substituents is 1. The molecule has 0 bridgehead atoms. The van der Waals surface area contributed by atoms with Gasteiger partial charge in [0.15, 0.2) is 0 Å². The van der Waals surface area contributed by atoms with E-state index in [1.165, 1.54) is 12.1 Å². The highest BCUT2D eigenvalue weighted by Crippen LogP contribution is 2.16. The Morgan fingerprint density at radius 3 is 2.10 bits per heavy atom. The maximum absolute atomic E-state index is 12.0. The van der Waals surface area contributed by atoms with Crippen molar-refractivity contribution in [1.29, 1.82) is 0 Å². The monoisotopic (exact) mass is 306 g/mol. The van der Waals surface area contributed by atoms with Crippen molar-refractivity contribution < 1.29 is 18.1 Å². The Morgan fingerprint density at radius 1 is 1.00 bits per heavy atom. The highest BCUT2D eigenvalue weighted by molar-refractivity contribution is 7.90. The van der Waals surface area contributed by atoms with E-state index in [9.17, 15) is 23.3 Å². The van der Waals surface area contributed by atoms with Crippen LogP contribution in [0.3, 0.4) is 0 Å². The van der Waals surface area contributed by atoms with Gasteiger partial charge in [0.2, 0.25) is 0 Å². The van der Waals surface area contributed by atoms with Crippen LogP contribution in [-0.2, 0) is 10.0 Å². The molecular formula is C13H10N2O5S. The summed E-state index contributed by atoms with van der Waals surface area (Å²) in [5.74, 6) is -0.769. The van der Waals surface area contributed by atoms with E-state index in [0.29, 0.717) is 0 Å². The molecule has 0 saturated carbocycles. The smallest absolute Gasteiger partial charge is 0.268 e. The molecule has 1 N–H and O–H groups in total. The van der Waals surface area contributed by atoms with Crippen molar-refractivity contribution in [3.8, 4) is 0 Å². The van der Waals surface area contributed by atoms with Crippen LogP contribution in [0.1, 0.15) is 10.4 Å². The van der Waals surface area contributed by atoms with Gasteiger partial charge in [0.05, 0.1) is 9.82 Å². The van der Waals surface area contributed by atoms with Gasteiger partial charge < -0.3 is 0 Å². The third-order valence-electron chi connectivity index (χ3n) is 2.62. The number of nitro groups is 1. The summed E-state index contributed by atoms with van der Waals surface area (Å²) in [6.07, 6.45) is 0. The molecule has 0 spiro atoms. The van der Waals surface area contributed by atoms with Gasteiger partial charge in [-0.05, 0) is 24.3 Å². The molecule has 0 aliphatic heterocycles. The zero-order valence-electron chi connectivity index (χ0n) is 10.6. The molecule has 0 saturated heterocycles. The SMILES string of the molecule is O=C(NS(=O)(=O)c1ccc([N+](=O)[O-])cc1)c1ccccc1. The van der Waals surface area contributed by atoms with Crippen LogP contribution in [0.15, 0.2) is 59.5 Å². The fraction of sp³-hybridized carbons (Fsp3) is 0. The molecule has 21 heavy (non-hydrogen) atoms. The molecule has 0 radical (unpaired) electrons. The second kappa shape index (κ2) is 5.71. The summed E-state index contributed by atoms with van der Waals surface area (Å²) in [5.41, 5.74) is -0.0358. The largest absolute Gasteiger partial charge is 0.269 e. The van der Waals surface area contributed by atoms with Crippen LogP contribution in [0.2, 0.25) is 0 Å². The minimum Gasteiger partial charge on any atom is -0.268 e. The maximum atomic E-state index is 12.0. The van der Waals surface area contributed by atoms with Crippen LogP contribution < -0.4 is 4.72 Å². The predicted molar refractivity (Wildman–Crippen MR) is 74.2 cm³/mol. The Balaban J connectivity index is 2.22. The lowest BCUT2D eigenvalue weighted by molar-refractivity contribution is -0.384. The molecule has 0 heterocycles. The number of nitrogens with zero attached hydrogens (tertiary/aromatic N) is 1. The molecule has 7 nitrogen and oxygen atoms in total. The summed E-state index contributed by atoms with van der Waals surface area (Å²) in [4.78, 5) is 21.5. The van der Waals surface area contributed by atoms with Crippen molar-refractivity contribution in [2.75, 3.05) is 0 Å². The summed E-state index contributed by atoms with van der Waals surface area (Å²) < 4.78 is 25.9. The van der Waals surface area contributed by atoms with Crippen LogP contribution in [0.25, 0.3) is 0 Å². The van der Waals surface area contributed by atoms with E-state index in [0.717, 1.165) is 24.3 Å². The van der Waals surface area contributed by atoms with Gasteiger partial charge in [0.25, 0.3) is 21.6 Å². The van der Waals surface area contributed by atoms with Gasteiger partial charge in [-0.2, -0.15) is 0 Å². The molecule has 0 aromatic heterocycles. The van der Waals surface area contributed by atoms with Crippen molar-refractivity contribution in [3.05, 3.63) is 70.3 Å². The number of carbonyl (C=O) groups excluding carboxylic acids is 1. The van der Waals surface area contributed by atoms with Crippen LogP contribution in [0.5, 0.6) is 0 Å². The zero-order valence-corrected chi connectivity index (χ0v) is 11.4. The number of carbonyl (C=O) groups is 1. The van der Waals surface area contributed by atoms with Crippen LogP contribution >= 0.6 is 0 Å². The normalized spacial score (nSPS) is 10.9. The molecule has 108 valence electrons. The summed E-state index contributed by atoms with van der Waals surface area (Å²) in [6, 6.07) is 12.1. The molecule has 0 fully saturated rings. The lowest BCUT2D eigenvalue weighted by atomic mass is 10.2. The summed E-state index contributed by atoms with van der Waals surface area (Å²) in [6.45, 7) is 0. The zero-order chi connectivity index (χ0) is 15.5. The Hall–Kier alpha value is -2.74. The standard InChI is InChI=1S/C13H10N2O5S/c16-13(10-4-2-1-3-5-10)14-21(19,20)12-8-6-11(7-9-12)15(17)18/h1-9H,(H,14,16). The number of hydrogen-bond donors (Lipinski definition) is 1. The average Bonchev–Trinajstić information content (AvgIpc) is 2.48. The van der Waals surface area contributed by atoms with Gasteiger partial charge in [-0.25, -0.2) is 13.1 Å². The Bertz CT molecular complexity index is 770. The van der Waals surface area contributed by atoms with E-state index in [1.807, 2.05) is 4.72 Å². The van der Waals surface area contributed by atoms with E-state index in [1.54, 1.807) is 18.2 Å². The first-order chi connectivity index (χ1) is 9.90. The third-order valence-corrected chi connectivity index (χ3v) is 3.97. The Morgan fingerprint density at radius 2 is 1.57 bits per heavy atom. The number of nitro benzene ring substituents is 1. The van der Waals surface area contributed by atoms with Crippen LogP contribution in [0, 0.1) is 10.1 Å². The van der Waals surface area contributed by atoms with Gasteiger partial charge in [0, 0.05) is 17.7 Å². The van der Waals surface area contributed by atoms with Crippen molar-refractivity contribution in [2.45, 2.75) is 4.90 Å². The molecule has 0 aliphatic carbocycles. The topological polar surface area (TPSA) is 106 Å². The maximum Gasteiger partial charge on any atom is 0.269 e. The minimum atomic E-state index is -4.07. The average molecular weight is 306 g/mol. The molecular weight excluding hydrogens is 296 g/mol. The lowest BCUT2D eigenvalue weighted by Gasteiger charge is -2.06. The number of rotatable bonds is 4. The van der Waals surface area contributed by atoms with E-state index in [-0.39, 0.29) is 16.1 Å². The number of nitrogens with one attached hydrogen (secondary N) is 1. The molecule has 2 aromatic rings. The highest BCUT2D eigenvalue weighted by Gasteiger charge is 2.19. The van der Waals surface area contributed by atoms with Crippen molar-refractivity contribution >= 4 is 21.6 Å². The fourth-order valence-corrected chi connectivity index (χ4v) is 2.55. The van der Waals surface area contributed by atoms with Crippen molar-refractivity contribution in [2.24, 2.45) is 0 Å². The predicted octanol–water partition coefficient (Wildman–Crippen LogP) is 1.71. The van der Waals surface area contributed by atoms with Gasteiger partial charge in [-0.3, -0.25) is 14.9 Å². The van der Waals surface area contributed by atoms with Crippen LogP contribution in [-0.4, -0.2) is 19.2 Å². The lowest BCUT2D eigenvalue weighted by Crippen LogP contribution is -2.30. The molecule has 2 aromatic carbocycles. The van der Waals surface area contributed by atoms with E-state index in [2.05, 4.69) is 0 Å². The van der Waals surface area contributed by atoms with Gasteiger partial charge in [-0.15, -0.1) is 0 Å². The number of amides is 1. The number of hydrogen-bond acceptors (Lipinski definition) is 5. The van der Waals surface area contributed by atoms with Gasteiger partial charge in [0.1, 0.15) is 0 Å². The summed E-state index contributed by atoms with van der Waals surface area (Å²) >= 11 is 0. The molecule has 0 atom stereocenters. The summed E-state index contributed by atoms with van der Waals surface area (Å²) in [7, 11) is -4.07. The second-order valence-corrected chi connectivity index (χ2v) is 5.73. The Labute approximate surface area is 120 Å². The fourth-order valence-electron chi connectivity index (χ4n) is 1.58. The second-order valence-electron chi connectivity index (χ2n) is 4.05. The first kappa shape index (κ1) is 14.7. The van der Waals surface area contributed by atoms with Gasteiger partial charge in [-0.1, -0.05) is 18.2 Å². The Kier molecular flexibility index (Phi) is 3.99.